The number of nitroso groups, excluding NO2 is 1. The molecule has 1 aromatic carbocycles. The molecule has 1 aliphatic rings. The zero-order chi connectivity index (χ0) is 10.7. The van der Waals surface area contributed by atoms with Gasteiger partial charge in [-0.05, 0) is 42.7 Å². The SMILES string of the molecule is O=NB1CCCC(c2ccc(Br)cc2)C1. The Balaban J connectivity index is 2.09. The quantitative estimate of drug-likeness (QED) is 0.585. The van der Waals surface area contributed by atoms with E-state index >= 15 is 0 Å². The third kappa shape index (κ3) is 2.68. The van der Waals surface area contributed by atoms with Crippen LogP contribution in [0.2, 0.25) is 12.6 Å². The molecule has 0 aliphatic carbocycles. The fraction of sp³-hybridized carbons (Fsp3) is 0.455. The van der Waals surface area contributed by atoms with Crippen LogP contribution < -0.4 is 0 Å². The van der Waals surface area contributed by atoms with Gasteiger partial charge in [-0.2, -0.15) is 4.91 Å². The van der Waals surface area contributed by atoms with Crippen molar-refractivity contribution in [3.05, 3.63) is 39.2 Å². The molecule has 1 aromatic rings. The molecular formula is C11H13BBrNO. The molecule has 2 rings (SSSR count). The van der Waals surface area contributed by atoms with Gasteiger partial charge in [0.25, 0.3) is 0 Å². The summed E-state index contributed by atoms with van der Waals surface area (Å²) >= 11 is 3.43. The first-order valence-electron chi connectivity index (χ1n) is 5.37. The van der Waals surface area contributed by atoms with E-state index in [2.05, 4.69) is 45.3 Å². The summed E-state index contributed by atoms with van der Waals surface area (Å²) in [6, 6.07) is 8.41. The second kappa shape index (κ2) is 4.93. The van der Waals surface area contributed by atoms with E-state index in [4.69, 9.17) is 0 Å². The Labute approximate surface area is 98.7 Å². The van der Waals surface area contributed by atoms with Gasteiger partial charge in [-0.3, -0.25) is 0 Å². The van der Waals surface area contributed by atoms with Crippen molar-refractivity contribution in [1.82, 2.24) is 0 Å². The van der Waals surface area contributed by atoms with Gasteiger partial charge in [0.05, 0.1) is 0 Å². The van der Waals surface area contributed by atoms with Crippen LogP contribution in [0, 0.1) is 4.91 Å². The van der Waals surface area contributed by atoms with E-state index in [1.54, 1.807) is 0 Å². The van der Waals surface area contributed by atoms with Gasteiger partial charge in [-0.25, -0.2) is 0 Å². The molecule has 0 N–H and O–H groups in total. The number of nitrogens with zero attached hydrogens (tertiary/aromatic N) is 1. The van der Waals surface area contributed by atoms with Gasteiger partial charge in [0, 0.05) is 4.47 Å². The molecule has 0 saturated carbocycles. The highest BCUT2D eigenvalue weighted by molar-refractivity contribution is 9.10. The zero-order valence-corrected chi connectivity index (χ0v) is 10.1. The van der Waals surface area contributed by atoms with Crippen LogP contribution in [0.4, 0.5) is 0 Å². The van der Waals surface area contributed by atoms with Crippen molar-refractivity contribution in [2.75, 3.05) is 0 Å². The molecule has 2 nitrogen and oxygen atoms in total. The maximum atomic E-state index is 10.5. The Bertz CT molecular complexity index is 341. The van der Waals surface area contributed by atoms with E-state index in [0.29, 0.717) is 5.92 Å². The number of hydrogen-bond acceptors (Lipinski definition) is 2. The highest BCUT2D eigenvalue weighted by Gasteiger charge is 2.27. The first kappa shape index (κ1) is 10.9. The lowest BCUT2D eigenvalue weighted by molar-refractivity contribution is 0.625. The number of rotatable bonds is 2. The number of hydrogen-bond donors (Lipinski definition) is 0. The molecule has 15 heavy (non-hydrogen) atoms. The molecule has 0 aromatic heterocycles. The van der Waals surface area contributed by atoms with Crippen molar-refractivity contribution >= 4 is 22.8 Å². The Hall–Kier alpha value is -0.635. The normalized spacial score (nSPS) is 21.4. The average Bonchev–Trinajstić information content (AvgIpc) is 2.30. The van der Waals surface area contributed by atoms with E-state index in [1.165, 1.54) is 12.0 Å². The van der Waals surface area contributed by atoms with Gasteiger partial charge in [0.2, 0.25) is 0 Å². The van der Waals surface area contributed by atoms with Crippen molar-refractivity contribution in [2.45, 2.75) is 31.4 Å². The smallest absolute Gasteiger partial charge is 0.168 e. The van der Waals surface area contributed by atoms with Gasteiger partial charge < -0.3 is 0 Å². The lowest BCUT2D eigenvalue weighted by Gasteiger charge is -2.23. The Morgan fingerprint density at radius 3 is 2.73 bits per heavy atom. The molecule has 0 bridgehead atoms. The molecule has 0 amide bonds. The third-order valence-electron chi connectivity index (χ3n) is 3.14. The van der Waals surface area contributed by atoms with Gasteiger partial charge in [-0.15, -0.1) is 5.09 Å². The molecule has 4 heteroatoms. The molecule has 1 heterocycles. The summed E-state index contributed by atoms with van der Waals surface area (Å²) in [6.45, 7) is 0.0346. The van der Waals surface area contributed by atoms with E-state index < -0.39 is 0 Å². The van der Waals surface area contributed by atoms with Crippen LogP contribution in [0.15, 0.2) is 33.8 Å². The Morgan fingerprint density at radius 1 is 1.33 bits per heavy atom. The monoisotopic (exact) mass is 265 g/mol. The minimum Gasteiger partial charge on any atom is -0.168 e. The molecule has 1 saturated heterocycles. The molecule has 1 fully saturated rings. The molecular weight excluding hydrogens is 253 g/mol. The predicted octanol–water partition coefficient (Wildman–Crippen LogP) is 4.08. The van der Waals surface area contributed by atoms with Crippen molar-refractivity contribution < 1.29 is 0 Å². The maximum absolute atomic E-state index is 10.5. The van der Waals surface area contributed by atoms with Crippen LogP contribution in [0.1, 0.15) is 24.3 Å². The van der Waals surface area contributed by atoms with Gasteiger partial charge >= 0.3 is 6.85 Å². The lowest BCUT2D eigenvalue weighted by Crippen LogP contribution is -2.19. The summed E-state index contributed by atoms with van der Waals surface area (Å²) in [5, 5.41) is 3.18. The van der Waals surface area contributed by atoms with Crippen LogP contribution in [0.5, 0.6) is 0 Å². The molecule has 0 spiro atoms. The van der Waals surface area contributed by atoms with Crippen molar-refractivity contribution in [1.29, 1.82) is 0 Å². The zero-order valence-electron chi connectivity index (χ0n) is 8.53. The van der Waals surface area contributed by atoms with Crippen LogP contribution >= 0.6 is 15.9 Å². The van der Waals surface area contributed by atoms with E-state index in [0.717, 1.165) is 23.5 Å². The minimum absolute atomic E-state index is 0.0346. The summed E-state index contributed by atoms with van der Waals surface area (Å²) < 4.78 is 1.10. The summed E-state index contributed by atoms with van der Waals surface area (Å²) in [7, 11) is 0. The summed E-state index contributed by atoms with van der Waals surface area (Å²) in [5.74, 6) is 0.523. The fourth-order valence-electron chi connectivity index (χ4n) is 2.30. The number of benzene rings is 1. The topological polar surface area (TPSA) is 29.4 Å². The summed E-state index contributed by atoms with van der Waals surface area (Å²) in [6.07, 6.45) is 4.20. The van der Waals surface area contributed by atoms with Crippen LogP contribution in [0.3, 0.4) is 0 Å². The number of halogens is 1. The van der Waals surface area contributed by atoms with Crippen molar-refractivity contribution in [3.8, 4) is 0 Å². The fourth-order valence-corrected chi connectivity index (χ4v) is 2.56. The highest BCUT2D eigenvalue weighted by Crippen LogP contribution is 2.34. The van der Waals surface area contributed by atoms with E-state index in [1.807, 2.05) is 0 Å². The van der Waals surface area contributed by atoms with Crippen molar-refractivity contribution in [3.63, 3.8) is 0 Å². The molecule has 78 valence electrons. The molecule has 1 aliphatic heterocycles. The first-order valence-corrected chi connectivity index (χ1v) is 6.17. The van der Waals surface area contributed by atoms with Gasteiger partial charge in [0.1, 0.15) is 0 Å². The Morgan fingerprint density at radius 2 is 2.07 bits per heavy atom. The molecule has 1 atom stereocenters. The van der Waals surface area contributed by atoms with Gasteiger partial charge in [0.15, 0.2) is 0 Å². The standard InChI is InChI=1S/C11H13BBrNO/c13-11-5-3-9(4-6-11)10-2-1-7-12(8-10)14-15/h3-6,10H,1-2,7-8H2. The van der Waals surface area contributed by atoms with E-state index in [-0.39, 0.29) is 6.85 Å². The largest absolute Gasteiger partial charge is 0.337 e. The third-order valence-corrected chi connectivity index (χ3v) is 3.67. The highest BCUT2D eigenvalue weighted by atomic mass is 79.9. The average molecular weight is 266 g/mol. The second-order valence-electron chi connectivity index (χ2n) is 4.17. The lowest BCUT2D eigenvalue weighted by atomic mass is 9.49. The maximum Gasteiger partial charge on any atom is 0.337 e. The first-order chi connectivity index (χ1) is 7.29. The summed E-state index contributed by atoms with van der Waals surface area (Å²) in [4.78, 5) is 10.5. The van der Waals surface area contributed by atoms with Crippen LogP contribution in [0.25, 0.3) is 0 Å². The van der Waals surface area contributed by atoms with Crippen LogP contribution in [-0.4, -0.2) is 6.85 Å². The Kier molecular flexibility index (Phi) is 3.57. The summed E-state index contributed by atoms with van der Waals surface area (Å²) in [5.41, 5.74) is 1.34. The predicted molar refractivity (Wildman–Crippen MR) is 67.3 cm³/mol. The molecule has 1 unspecified atom stereocenters. The second-order valence-corrected chi connectivity index (χ2v) is 5.09. The minimum atomic E-state index is 0.0346. The van der Waals surface area contributed by atoms with Gasteiger partial charge in [-0.1, -0.05) is 34.5 Å². The van der Waals surface area contributed by atoms with Crippen molar-refractivity contribution in [2.24, 2.45) is 5.09 Å². The van der Waals surface area contributed by atoms with E-state index in [9.17, 15) is 4.91 Å². The molecule has 0 radical (unpaired) electrons. The van der Waals surface area contributed by atoms with Crippen LogP contribution in [-0.2, 0) is 0 Å².